The smallest absolute Gasteiger partial charge is 0.426 e. The van der Waals surface area contributed by atoms with Crippen LogP contribution in [0.5, 0.6) is 0 Å². The van der Waals surface area contributed by atoms with Crippen LogP contribution in [-0.4, -0.2) is 70.8 Å². The molecule has 52 heavy (non-hydrogen) atoms. The Labute approximate surface area is 328 Å². The van der Waals surface area contributed by atoms with E-state index in [1.807, 2.05) is 41.5 Å². The standard InChI is InChI=1S/C21H30BCl2NO4.C15H20BCl2NO4/c1-13(2)11-18(22-28-20(3,4)21(5,6)29-22)25-19(27)10-9-17(26)15-12-14(23)7-8-16(15)24;1-9(2)7-14(16(22)23)19-15(21)6-5-13(20)11-8-10(17)3-4-12(11)18/h7-8,12-13,18H,9-11H2,1-6H3,(H,25,27);3-4,8-9,14,22-23H,5-7H2,1-2H3,(H,19,21)/t18-;14-/m00/s1. The van der Waals surface area contributed by atoms with Crippen molar-refractivity contribution in [2.24, 2.45) is 11.8 Å². The number of benzene rings is 2. The van der Waals surface area contributed by atoms with Gasteiger partial charge in [0.25, 0.3) is 0 Å². The summed E-state index contributed by atoms with van der Waals surface area (Å²) in [4.78, 5) is 49.0. The van der Waals surface area contributed by atoms with E-state index in [4.69, 9.17) is 55.7 Å². The molecule has 0 aromatic heterocycles. The average molecular weight is 802 g/mol. The molecule has 2 amide bonds. The molecule has 0 unspecified atom stereocenters. The van der Waals surface area contributed by atoms with Crippen LogP contribution in [0.3, 0.4) is 0 Å². The first kappa shape index (κ1) is 46.0. The molecule has 10 nitrogen and oxygen atoms in total. The Balaban J connectivity index is 0.000000371. The molecular weight excluding hydrogens is 752 g/mol. The Bertz CT molecular complexity index is 1540. The summed E-state index contributed by atoms with van der Waals surface area (Å²) in [5, 5.41) is 25.5. The molecule has 1 fully saturated rings. The lowest BCUT2D eigenvalue weighted by Gasteiger charge is -2.32. The monoisotopic (exact) mass is 800 g/mol. The number of Topliss-reactive ketones (excluding diaryl/α,β-unsaturated/α-hetero) is 2. The number of hydrogen-bond donors (Lipinski definition) is 4. The van der Waals surface area contributed by atoms with Gasteiger partial charge in [-0.15, -0.1) is 0 Å². The lowest BCUT2D eigenvalue weighted by molar-refractivity contribution is -0.122. The van der Waals surface area contributed by atoms with E-state index in [2.05, 4.69) is 24.5 Å². The first-order chi connectivity index (χ1) is 24.0. The zero-order valence-corrected chi connectivity index (χ0v) is 34.1. The molecule has 0 saturated carbocycles. The van der Waals surface area contributed by atoms with Gasteiger partial charge in [-0.25, -0.2) is 0 Å². The minimum absolute atomic E-state index is 0.0399. The maximum absolute atomic E-state index is 12.6. The topological polar surface area (TPSA) is 151 Å². The number of nitrogens with one attached hydrogen (secondary N) is 2. The second kappa shape index (κ2) is 20.5. The largest absolute Gasteiger partial charge is 0.481 e. The third kappa shape index (κ3) is 14.6. The minimum Gasteiger partial charge on any atom is -0.426 e. The second-order valence-corrected chi connectivity index (χ2v) is 16.4. The lowest BCUT2D eigenvalue weighted by Crippen LogP contribution is -2.48. The molecule has 1 aliphatic heterocycles. The zero-order chi connectivity index (χ0) is 39.6. The fraction of sp³-hybridized carbons (Fsp3) is 0.556. The summed E-state index contributed by atoms with van der Waals surface area (Å²) in [5.41, 5.74) is -0.349. The van der Waals surface area contributed by atoms with E-state index in [1.165, 1.54) is 18.2 Å². The van der Waals surface area contributed by atoms with Crippen LogP contribution in [0.15, 0.2) is 36.4 Å². The Morgan fingerprint density at radius 3 is 1.48 bits per heavy atom. The molecule has 2 atom stereocenters. The van der Waals surface area contributed by atoms with Crippen molar-refractivity contribution in [2.45, 2.75) is 117 Å². The van der Waals surface area contributed by atoms with Gasteiger partial charge in [0.1, 0.15) is 0 Å². The molecule has 2 aromatic carbocycles. The third-order valence-corrected chi connectivity index (χ3v) is 9.85. The number of carbonyl (C=O) groups excluding carboxylic acids is 4. The predicted octanol–water partition coefficient (Wildman–Crippen LogP) is 7.62. The van der Waals surface area contributed by atoms with Gasteiger partial charge in [-0.3, -0.25) is 19.2 Å². The van der Waals surface area contributed by atoms with Crippen molar-refractivity contribution in [2.75, 3.05) is 0 Å². The molecule has 1 heterocycles. The van der Waals surface area contributed by atoms with E-state index < -0.39 is 37.3 Å². The Hall–Kier alpha value is -2.15. The van der Waals surface area contributed by atoms with Crippen LogP contribution in [0.1, 0.15) is 115 Å². The SMILES string of the molecule is CC(C)C[C@H](NC(=O)CCC(=O)c1cc(Cl)ccc1Cl)B(O)O.CC(C)C[C@H](NC(=O)CCC(=O)c1cc(Cl)ccc1Cl)B1OC(C)(C)C(C)(C)O1. The van der Waals surface area contributed by atoms with E-state index in [-0.39, 0.29) is 65.6 Å². The van der Waals surface area contributed by atoms with Gasteiger partial charge >= 0.3 is 14.2 Å². The molecule has 286 valence electrons. The highest BCUT2D eigenvalue weighted by Crippen LogP contribution is 2.38. The fourth-order valence-corrected chi connectivity index (χ4v) is 6.06. The molecule has 4 N–H and O–H groups in total. The van der Waals surface area contributed by atoms with Gasteiger partial charge in [0.2, 0.25) is 11.8 Å². The van der Waals surface area contributed by atoms with Gasteiger partial charge in [-0.2, -0.15) is 0 Å². The molecular formula is C36H50B2Cl4N2O8. The number of amides is 2. The molecule has 0 spiro atoms. The van der Waals surface area contributed by atoms with Gasteiger partial charge in [0.05, 0.1) is 33.1 Å². The van der Waals surface area contributed by atoms with Gasteiger partial charge < -0.3 is 30.0 Å². The van der Waals surface area contributed by atoms with Crippen molar-refractivity contribution in [3.8, 4) is 0 Å². The Morgan fingerprint density at radius 2 is 1.10 bits per heavy atom. The van der Waals surface area contributed by atoms with E-state index in [1.54, 1.807) is 18.2 Å². The van der Waals surface area contributed by atoms with Crippen LogP contribution in [0.2, 0.25) is 20.1 Å². The van der Waals surface area contributed by atoms with Crippen LogP contribution in [0, 0.1) is 11.8 Å². The van der Waals surface area contributed by atoms with E-state index in [0.29, 0.717) is 39.4 Å². The van der Waals surface area contributed by atoms with Crippen molar-refractivity contribution < 1.29 is 38.5 Å². The maximum atomic E-state index is 12.6. The first-order valence-corrected chi connectivity index (χ1v) is 18.8. The van der Waals surface area contributed by atoms with Crippen molar-refractivity contribution in [3.63, 3.8) is 0 Å². The number of hydrogen-bond acceptors (Lipinski definition) is 8. The summed E-state index contributed by atoms with van der Waals surface area (Å²) < 4.78 is 12.2. The molecule has 1 aliphatic rings. The molecule has 2 aromatic rings. The summed E-state index contributed by atoms with van der Waals surface area (Å²) in [7, 11) is -2.18. The van der Waals surface area contributed by atoms with Crippen LogP contribution in [0.25, 0.3) is 0 Å². The molecule has 1 saturated heterocycles. The fourth-order valence-electron chi connectivity index (χ4n) is 5.27. The summed E-state index contributed by atoms with van der Waals surface area (Å²) in [5.74, 6) is -1.69. The van der Waals surface area contributed by atoms with E-state index >= 15 is 0 Å². The zero-order valence-electron chi connectivity index (χ0n) is 31.0. The Kier molecular flexibility index (Phi) is 18.1. The van der Waals surface area contributed by atoms with Crippen molar-refractivity contribution in [1.82, 2.24) is 10.6 Å². The highest BCUT2D eigenvalue weighted by atomic mass is 35.5. The molecule has 0 aliphatic carbocycles. The molecule has 0 radical (unpaired) electrons. The number of rotatable bonds is 16. The molecule has 16 heteroatoms. The van der Waals surface area contributed by atoms with Crippen molar-refractivity contribution in [1.29, 1.82) is 0 Å². The van der Waals surface area contributed by atoms with Crippen LogP contribution >= 0.6 is 46.4 Å². The summed E-state index contributed by atoms with van der Waals surface area (Å²) in [6.45, 7) is 15.9. The molecule has 3 rings (SSSR count). The van der Waals surface area contributed by atoms with Gasteiger partial charge in [0, 0.05) is 46.9 Å². The second-order valence-electron chi connectivity index (χ2n) is 14.7. The van der Waals surface area contributed by atoms with Crippen LogP contribution in [-0.2, 0) is 18.9 Å². The quantitative estimate of drug-likeness (QED) is 0.100. The molecule has 0 bridgehead atoms. The van der Waals surface area contributed by atoms with E-state index in [0.717, 1.165) is 0 Å². The highest BCUT2D eigenvalue weighted by molar-refractivity contribution is 6.48. The van der Waals surface area contributed by atoms with E-state index in [9.17, 15) is 29.2 Å². The number of carbonyl (C=O) groups is 4. The lowest BCUT2D eigenvalue weighted by atomic mass is 9.74. The maximum Gasteiger partial charge on any atom is 0.481 e. The Morgan fingerprint density at radius 1 is 0.692 bits per heavy atom. The minimum atomic E-state index is -1.64. The third-order valence-electron chi connectivity index (χ3n) is 8.72. The predicted molar refractivity (Wildman–Crippen MR) is 209 cm³/mol. The summed E-state index contributed by atoms with van der Waals surface area (Å²) >= 11 is 23.8. The van der Waals surface area contributed by atoms with Crippen molar-refractivity contribution in [3.05, 3.63) is 67.6 Å². The van der Waals surface area contributed by atoms with Crippen molar-refractivity contribution >= 4 is 84.0 Å². The highest BCUT2D eigenvalue weighted by Gasteiger charge is 2.54. The van der Waals surface area contributed by atoms with Crippen LogP contribution < -0.4 is 10.6 Å². The van der Waals surface area contributed by atoms with Gasteiger partial charge in [-0.1, -0.05) is 74.1 Å². The van der Waals surface area contributed by atoms with Gasteiger partial charge in [-0.05, 0) is 88.8 Å². The van der Waals surface area contributed by atoms with Crippen LogP contribution in [0.4, 0.5) is 0 Å². The number of halogens is 4. The van der Waals surface area contributed by atoms with Gasteiger partial charge in [0.15, 0.2) is 11.6 Å². The average Bonchev–Trinajstić information content (AvgIpc) is 3.26. The summed E-state index contributed by atoms with van der Waals surface area (Å²) in [6, 6.07) is 9.28. The summed E-state index contributed by atoms with van der Waals surface area (Å²) in [6.07, 6.45) is 1.12. The first-order valence-electron chi connectivity index (χ1n) is 17.3. The normalized spacial score (nSPS) is 15.8. The number of ketones is 2.